The van der Waals surface area contributed by atoms with E-state index >= 15 is 0 Å². The van der Waals surface area contributed by atoms with Crippen LogP contribution in [0.5, 0.6) is 0 Å². The number of carbonyl (C=O) groups is 1. The molecule has 1 rings (SSSR count). The van der Waals surface area contributed by atoms with E-state index in [-0.39, 0.29) is 6.04 Å². The van der Waals surface area contributed by atoms with Gasteiger partial charge in [-0.05, 0) is 43.0 Å². The van der Waals surface area contributed by atoms with Gasteiger partial charge in [0.05, 0.1) is 0 Å². The molecule has 0 bridgehead atoms. The van der Waals surface area contributed by atoms with Crippen molar-refractivity contribution >= 4 is 29.2 Å². The van der Waals surface area contributed by atoms with Crippen molar-refractivity contribution < 1.29 is 9.90 Å². The molecule has 2 N–H and O–H groups in total. The van der Waals surface area contributed by atoms with Gasteiger partial charge in [0.1, 0.15) is 6.04 Å². The molecule has 19 heavy (non-hydrogen) atoms. The number of carboxylic acids is 1. The summed E-state index contributed by atoms with van der Waals surface area (Å²) in [5.74, 6) is -0.547. The van der Waals surface area contributed by atoms with E-state index in [0.717, 1.165) is 5.56 Å². The number of hydrogen-bond acceptors (Lipinski definition) is 2. The fraction of sp³-hybridized carbons (Fsp3) is 0.500. The van der Waals surface area contributed by atoms with E-state index in [4.69, 9.17) is 23.2 Å². The molecule has 0 aromatic heterocycles. The van der Waals surface area contributed by atoms with Crippen LogP contribution in [-0.4, -0.2) is 17.1 Å². The first kappa shape index (κ1) is 16.3. The minimum absolute atomic E-state index is 0.175. The highest BCUT2D eigenvalue weighted by Crippen LogP contribution is 2.26. The second-order valence-electron chi connectivity index (χ2n) is 5.07. The molecular formula is C14H19Cl2NO2. The summed E-state index contributed by atoms with van der Waals surface area (Å²) >= 11 is 12.1. The topological polar surface area (TPSA) is 49.3 Å². The number of hydrogen-bond donors (Lipinski definition) is 2. The first-order valence-electron chi connectivity index (χ1n) is 6.25. The van der Waals surface area contributed by atoms with Crippen LogP contribution < -0.4 is 5.32 Å². The minimum Gasteiger partial charge on any atom is -0.480 e. The molecule has 0 radical (unpaired) electrons. The van der Waals surface area contributed by atoms with Crippen molar-refractivity contribution in [2.75, 3.05) is 0 Å². The van der Waals surface area contributed by atoms with Crippen LogP contribution in [0.2, 0.25) is 10.0 Å². The lowest BCUT2D eigenvalue weighted by atomic mass is 10.0. The second kappa shape index (κ2) is 7.13. The van der Waals surface area contributed by atoms with E-state index in [0.29, 0.717) is 22.4 Å². The molecule has 0 aliphatic carbocycles. The van der Waals surface area contributed by atoms with Gasteiger partial charge in [-0.2, -0.15) is 0 Å². The van der Waals surface area contributed by atoms with Gasteiger partial charge in [0, 0.05) is 16.1 Å². The standard InChI is InChI=1S/C14H19Cl2NO2/c1-8(2)6-13(14(18)19)17-9(3)11-7-10(15)4-5-12(11)16/h4-5,7-9,13,17H,6H2,1-3H3,(H,18,19). The molecule has 0 fully saturated rings. The number of nitrogens with one attached hydrogen (secondary N) is 1. The quantitative estimate of drug-likeness (QED) is 0.830. The molecule has 3 nitrogen and oxygen atoms in total. The Balaban J connectivity index is 2.84. The Morgan fingerprint density at radius 3 is 2.47 bits per heavy atom. The summed E-state index contributed by atoms with van der Waals surface area (Å²) in [4.78, 5) is 11.2. The van der Waals surface area contributed by atoms with Gasteiger partial charge < -0.3 is 5.11 Å². The molecule has 1 aromatic carbocycles. The fourth-order valence-corrected chi connectivity index (χ4v) is 2.41. The first-order chi connectivity index (χ1) is 8.81. The number of aliphatic carboxylic acids is 1. The number of rotatable bonds is 6. The van der Waals surface area contributed by atoms with E-state index in [1.807, 2.05) is 20.8 Å². The summed E-state index contributed by atoms with van der Waals surface area (Å²) in [6.07, 6.45) is 0.567. The molecule has 0 amide bonds. The van der Waals surface area contributed by atoms with Crippen LogP contribution in [0.1, 0.15) is 38.8 Å². The maximum Gasteiger partial charge on any atom is 0.320 e. The average molecular weight is 304 g/mol. The van der Waals surface area contributed by atoms with Gasteiger partial charge in [-0.25, -0.2) is 0 Å². The third kappa shape index (κ3) is 5.01. The summed E-state index contributed by atoms with van der Waals surface area (Å²) in [7, 11) is 0. The Morgan fingerprint density at radius 2 is 1.95 bits per heavy atom. The molecule has 2 atom stereocenters. The second-order valence-corrected chi connectivity index (χ2v) is 5.92. The van der Waals surface area contributed by atoms with Gasteiger partial charge in [-0.1, -0.05) is 37.0 Å². The van der Waals surface area contributed by atoms with Crippen molar-refractivity contribution in [2.45, 2.75) is 39.3 Å². The van der Waals surface area contributed by atoms with E-state index < -0.39 is 12.0 Å². The highest BCUT2D eigenvalue weighted by Gasteiger charge is 2.22. The summed E-state index contributed by atoms with van der Waals surface area (Å²) in [5.41, 5.74) is 0.809. The molecule has 2 unspecified atom stereocenters. The third-order valence-corrected chi connectivity index (χ3v) is 3.46. The maximum absolute atomic E-state index is 11.2. The molecule has 0 heterocycles. The number of halogens is 2. The van der Waals surface area contributed by atoms with Crippen LogP contribution in [0.15, 0.2) is 18.2 Å². The van der Waals surface area contributed by atoms with Crippen molar-refractivity contribution in [1.82, 2.24) is 5.32 Å². The lowest BCUT2D eigenvalue weighted by Crippen LogP contribution is -2.39. The molecule has 5 heteroatoms. The third-order valence-electron chi connectivity index (χ3n) is 2.88. The van der Waals surface area contributed by atoms with Gasteiger partial charge in [-0.15, -0.1) is 0 Å². The maximum atomic E-state index is 11.2. The van der Waals surface area contributed by atoms with Gasteiger partial charge in [-0.3, -0.25) is 10.1 Å². The molecule has 0 spiro atoms. The van der Waals surface area contributed by atoms with Crippen LogP contribution in [0.4, 0.5) is 0 Å². The first-order valence-corrected chi connectivity index (χ1v) is 7.00. The lowest BCUT2D eigenvalue weighted by molar-refractivity contribution is -0.140. The zero-order chi connectivity index (χ0) is 14.6. The Hall–Kier alpha value is -0.770. The molecule has 0 saturated carbocycles. The zero-order valence-corrected chi connectivity index (χ0v) is 12.8. The highest BCUT2D eigenvalue weighted by molar-refractivity contribution is 6.33. The summed E-state index contributed by atoms with van der Waals surface area (Å²) < 4.78 is 0. The van der Waals surface area contributed by atoms with Gasteiger partial charge in [0.25, 0.3) is 0 Å². The van der Waals surface area contributed by atoms with Crippen LogP contribution in [0.25, 0.3) is 0 Å². The minimum atomic E-state index is -0.848. The van der Waals surface area contributed by atoms with Crippen LogP contribution in [-0.2, 0) is 4.79 Å². The number of benzene rings is 1. The Bertz CT molecular complexity index is 449. The highest BCUT2D eigenvalue weighted by atomic mass is 35.5. The van der Waals surface area contributed by atoms with E-state index in [1.165, 1.54) is 0 Å². The summed E-state index contributed by atoms with van der Waals surface area (Å²) in [6, 6.07) is 4.42. The van der Waals surface area contributed by atoms with Crippen molar-refractivity contribution in [3.05, 3.63) is 33.8 Å². The van der Waals surface area contributed by atoms with Gasteiger partial charge in [0.2, 0.25) is 0 Å². The van der Waals surface area contributed by atoms with Crippen molar-refractivity contribution in [1.29, 1.82) is 0 Å². The fourth-order valence-electron chi connectivity index (χ4n) is 1.95. The Kier molecular flexibility index (Phi) is 6.11. The molecule has 0 saturated heterocycles. The summed E-state index contributed by atoms with van der Waals surface area (Å²) in [5, 5.41) is 13.5. The molecule has 0 aliphatic rings. The lowest BCUT2D eigenvalue weighted by Gasteiger charge is -2.22. The van der Waals surface area contributed by atoms with Crippen molar-refractivity contribution in [2.24, 2.45) is 5.92 Å². The molecule has 1 aromatic rings. The van der Waals surface area contributed by atoms with Gasteiger partial charge in [0.15, 0.2) is 0 Å². The predicted molar refractivity (Wildman–Crippen MR) is 78.9 cm³/mol. The summed E-state index contributed by atoms with van der Waals surface area (Å²) in [6.45, 7) is 5.87. The Labute approximate surface area is 123 Å². The zero-order valence-electron chi connectivity index (χ0n) is 11.3. The van der Waals surface area contributed by atoms with Gasteiger partial charge >= 0.3 is 5.97 Å². The smallest absolute Gasteiger partial charge is 0.320 e. The molecular weight excluding hydrogens is 285 g/mol. The van der Waals surface area contributed by atoms with Crippen LogP contribution >= 0.6 is 23.2 Å². The number of carboxylic acid groups (broad SMARTS) is 1. The molecule has 106 valence electrons. The average Bonchev–Trinajstić information content (AvgIpc) is 2.30. The van der Waals surface area contributed by atoms with Crippen molar-refractivity contribution in [3.8, 4) is 0 Å². The predicted octanol–water partition coefficient (Wildman–Crippen LogP) is 4.14. The largest absolute Gasteiger partial charge is 0.480 e. The van der Waals surface area contributed by atoms with Crippen LogP contribution in [0, 0.1) is 5.92 Å². The van der Waals surface area contributed by atoms with Crippen LogP contribution in [0.3, 0.4) is 0 Å². The molecule has 0 aliphatic heterocycles. The van der Waals surface area contributed by atoms with E-state index in [9.17, 15) is 9.90 Å². The van der Waals surface area contributed by atoms with E-state index in [2.05, 4.69) is 5.32 Å². The SMILES string of the molecule is CC(C)CC(NC(C)c1cc(Cl)ccc1Cl)C(=O)O. The monoisotopic (exact) mass is 303 g/mol. The van der Waals surface area contributed by atoms with E-state index in [1.54, 1.807) is 18.2 Å². The normalized spacial score (nSPS) is 14.4. The van der Waals surface area contributed by atoms with Crippen molar-refractivity contribution in [3.63, 3.8) is 0 Å². The Morgan fingerprint density at radius 1 is 1.32 bits per heavy atom.